The van der Waals surface area contributed by atoms with Gasteiger partial charge in [0.05, 0.1) is 5.52 Å². The Morgan fingerprint density at radius 2 is 1.90 bits per heavy atom. The number of hydrogen-bond acceptors (Lipinski definition) is 5. The number of aryl methyl sites for hydroxylation is 1. The average molecular weight is 427 g/mol. The molecule has 1 N–H and O–H groups in total. The Morgan fingerprint density at radius 1 is 1.06 bits per heavy atom. The van der Waals surface area contributed by atoms with Crippen LogP contribution < -0.4 is 9.62 Å². The van der Waals surface area contributed by atoms with Crippen LogP contribution in [0.1, 0.15) is 22.3 Å². The number of aromatic nitrogens is 2. The molecule has 0 unspecified atom stereocenters. The predicted molar refractivity (Wildman–Crippen MR) is 129 cm³/mol. The number of hydrogen-bond donors (Lipinski definition) is 1. The van der Waals surface area contributed by atoms with Gasteiger partial charge in [-0.25, -0.2) is 9.97 Å². The van der Waals surface area contributed by atoms with Crippen LogP contribution in [0.5, 0.6) is 0 Å². The van der Waals surface area contributed by atoms with Gasteiger partial charge >= 0.3 is 0 Å². The zero-order valence-electron chi connectivity index (χ0n) is 17.2. The summed E-state index contributed by atoms with van der Waals surface area (Å²) in [6.07, 6.45) is 3.03. The molecule has 1 saturated heterocycles. The van der Waals surface area contributed by atoms with E-state index in [1.807, 2.05) is 91.8 Å². The highest BCUT2D eigenvalue weighted by Gasteiger charge is 2.15. The second kappa shape index (κ2) is 8.40. The highest BCUT2D eigenvalue weighted by molar-refractivity contribution is 8.00. The maximum atomic E-state index is 12.8. The Kier molecular flexibility index (Phi) is 5.30. The second-order valence-electron chi connectivity index (χ2n) is 7.57. The van der Waals surface area contributed by atoms with Gasteiger partial charge in [0, 0.05) is 46.4 Å². The van der Waals surface area contributed by atoms with Crippen LogP contribution in [-0.4, -0.2) is 28.2 Å². The quantitative estimate of drug-likeness (QED) is 0.423. The highest BCUT2D eigenvalue weighted by atomic mass is 32.2. The molecule has 0 atom stereocenters. The third-order valence-corrected chi connectivity index (χ3v) is 6.57. The third-order valence-electron chi connectivity index (χ3n) is 5.40. The number of nitrogens with zero attached hydrogens (tertiary/aromatic N) is 3. The number of nitrogens with one attached hydrogen (secondary N) is 1. The molecular formula is C25H22N4OS. The molecule has 4 aromatic rings. The van der Waals surface area contributed by atoms with Gasteiger partial charge in [-0.2, -0.15) is 0 Å². The van der Waals surface area contributed by atoms with Gasteiger partial charge in [-0.05, 0) is 73.3 Å². The lowest BCUT2D eigenvalue weighted by molar-refractivity contribution is 0.102. The molecule has 0 saturated carbocycles. The first-order valence-corrected chi connectivity index (χ1v) is 11.3. The van der Waals surface area contributed by atoms with Crippen molar-refractivity contribution in [1.82, 2.24) is 9.97 Å². The molecule has 0 bridgehead atoms. The van der Waals surface area contributed by atoms with Crippen molar-refractivity contribution in [2.45, 2.75) is 13.3 Å². The van der Waals surface area contributed by atoms with E-state index in [-0.39, 0.29) is 5.91 Å². The summed E-state index contributed by atoms with van der Waals surface area (Å²) in [4.78, 5) is 22.0. The van der Waals surface area contributed by atoms with E-state index < -0.39 is 0 Å². The first-order valence-electron chi connectivity index (χ1n) is 10.3. The van der Waals surface area contributed by atoms with Crippen molar-refractivity contribution < 1.29 is 4.79 Å². The van der Waals surface area contributed by atoms with Gasteiger partial charge in [0.15, 0.2) is 5.82 Å². The van der Waals surface area contributed by atoms with Crippen LogP contribution in [0.25, 0.3) is 22.3 Å². The molecule has 1 amide bonds. The molecule has 0 radical (unpaired) electrons. The van der Waals surface area contributed by atoms with E-state index in [0.717, 1.165) is 45.7 Å². The van der Waals surface area contributed by atoms with Gasteiger partial charge in [-0.1, -0.05) is 24.3 Å². The number of carbonyl (C=O) groups is 1. The SMILES string of the molecule is Cc1ccc(NC(=O)c2ccc(N3CCCS3)cc2)cc1-c1ncc2ccccc2n1. The van der Waals surface area contributed by atoms with Crippen molar-refractivity contribution in [2.24, 2.45) is 0 Å². The topological polar surface area (TPSA) is 58.1 Å². The van der Waals surface area contributed by atoms with E-state index in [4.69, 9.17) is 4.98 Å². The fourth-order valence-electron chi connectivity index (χ4n) is 3.68. The van der Waals surface area contributed by atoms with Gasteiger partial charge in [0.2, 0.25) is 0 Å². The normalized spacial score (nSPS) is 13.5. The zero-order chi connectivity index (χ0) is 21.2. The van der Waals surface area contributed by atoms with Gasteiger partial charge in [-0.3, -0.25) is 4.79 Å². The van der Waals surface area contributed by atoms with Crippen LogP contribution in [0, 0.1) is 6.92 Å². The fourth-order valence-corrected chi connectivity index (χ4v) is 4.68. The van der Waals surface area contributed by atoms with Crippen molar-refractivity contribution in [3.63, 3.8) is 0 Å². The van der Waals surface area contributed by atoms with Gasteiger partial charge in [-0.15, -0.1) is 0 Å². The fraction of sp³-hybridized carbons (Fsp3) is 0.160. The summed E-state index contributed by atoms with van der Waals surface area (Å²) in [5.74, 6) is 1.67. The Hall–Kier alpha value is -3.38. The minimum Gasteiger partial charge on any atom is -0.322 e. The summed E-state index contributed by atoms with van der Waals surface area (Å²) in [7, 11) is 0. The summed E-state index contributed by atoms with van der Waals surface area (Å²) in [6.45, 7) is 3.08. The standard InChI is InChI=1S/C25H22N4OS/c1-17-7-10-20(15-22(17)24-26-16-19-5-2-3-6-23(19)28-24)27-25(30)18-8-11-21(12-9-18)29-13-4-14-31-29/h2-3,5-12,15-16H,4,13-14H2,1H3,(H,27,30). The summed E-state index contributed by atoms with van der Waals surface area (Å²) in [5.41, 5.74) is 5.37. The molecule has 1 aliphatic heterocycles. The summed E-state index contributed by atoms with van der Waals surface area (Å²) >= 11 is 1.83. The molecule has 3 aromatic carbocycles. The molecule has 1 aromatic heterocycles. The van der Waals surface area contributed by atoms with E-state index in [0.29, 0.717) is 11.4 Å². The minimum absolute atomic E-state index is 0.130. The zero-order valence-corrected chi connectivity index (χ0v) is 18.0. The van der Waals surface area contributed by atoms with Crippen molar-refractivity contribution in [3.05, 3.63) is 84.1 Å². The van der Waals surface area contributed by atoms with Crippen LogP contribution in [-0.2, 0) is 0 Å². The largest absolute Gasteiger partial charge is 0.322 e. The number of para-hydroxylation sites is 1. The number of carbonyl (C=O) groups excluding carboxylic acids is 1. The molecule has 5 nitrogen and oxygen atoms in total. The van der Waals surface area contributed by atoms with Crippen LogP contribution >= 0.6 is 11.9 Å². The van der Waals surface area contributed by atoms with Crippen LogP contribution in [0.3, 0.4) is 0 Å². The van der Waals surface area contributed by atoms with Crippen molar-refractivity contribution >= 4 is 40.1 Å². The molecule has 31 heavy (non-hydrogen) atoms. The van der Waals surface area contributed by atoms with Crippen molar-refractivity contribution in [3.8, 4) is 11.4 Å². The van der Waals surface area contributed by atoms with E-state index in [1.165, 1.54) is 6.42 Å². The lowest BCUT2D eigenvalue weighted by Gasteiger charge is -2.16. The Bertz CT molecular complexity index is 1250. The number of fused-ring (bicyclic) bond motifs is 1. The molecule has 1 fully saturated rings. The summed E-state index contributed by atoms with van der Waals surface area (Å²) < 4.78 is 2.28. The van der Waals surface area contributed by atoms with Gasteiger partial charge in [0.1, 0.15) is 0 Å². The van der Waals surface area contributed by atoms with E-state index in [9.17, 15) is 4.79 Å². The number of anilines is 2. The monoisotopic (exact) mass is 426 g/mol. The molecule has 6 heteroatoms. The number of benzene rings is 3. The first kappa shape index (κ1) is 19.6. The van der Waals surface area contributed by atoms with Crippen molar-refractivity contribution in [1.29, 1.82) is 0 Å². The molecule has 5 rings (SSSR count). The van der Waals surface area contributed by atoms with E-state index in [2.05, 4.69) is 14.6 Å². The Morgan fingerprint density at radius 3 is 2.71 bits per heavy atom. The van der Waals surface area contributed by atoms with Crippen molar-refractivity contribution in [2.75, 3.05) is 21.9 Å². The summed E-state index contributed by atoms with van der Waals surface area (Å²) in [6, 6.07) is 21.5. The molecule has 2 heterocycles. The Labute approximate surface area is 185 Å². The van der Waals surface area contributed by atoms with Crippen LogP contribution in [0.2, 0.25) is 0 Å². The molecule has 0 spiro atoms. The first-order chi connectivity index (χ1) is 15.2. The second-order valence-corrected chi connectivity index (χ2v) is 8.68. The van der Waals surface area contributed by atoms with Crippen LogP contribution in [0.4, 0.5) is 11.4 Å². The van der Waals surface area contributed by atoms with Gasteiger partial charge < -0.3 is 9.62 Å². The maximum Gasteiger partial charge on any atom is 0.255 e. The molecule has 0 aliphatic carbocycles. The molecule has 1 aliphatic rings. The van der Waals surface area contributed by atoms with Gasteiger partial charge in [0.25, 0.3) is 5.91 Å². The highest BCUT2D eigenvalue weighted by Crippen LogP contribution is 2.29. The molecule has 154 valence electrons. The average Bonchev–Trinajstić information content (AvgIpc) is 3.35. The summed E-state index contributed by atoms with van der Waals surface area (Å²) in [5, 5.41) is 4.01. The minimum atomic E-state index is -0.130. The van der Waals surface area contributed by atoms with E-state index in [1.54, 1.807) is 0 Å². The lowest BCUT2D eigenvalue weighted by atomic mass is 10.1. The van der Waals surface area contributed by atoms with E-state index >= 15 is 0 Å². The number of amides is 1. The maximum absolute atomic E-state index is 12.8. The third kappa shape index (κ3) is 4.11. The smallest absolute Gasteiger partial charge is 0.255 e. The Balaban J connectivity index is 1.37. The lowest BCUT2D eigenvalue weighted by Crippen LogP contribution is -2.13. The van der Waals surface area contributed by atoms with Crippen LogP contribution in [0.15, 0.2) is 72.9 Å². The number of rotatable bonds is 4. The predicted octanol–water partition coefficient (Wildman–Crippen LogP) is 5.72. The molecular weight excluding hydrogens is 404 g/mol.